The van der Waals surface area contributed by atoms with Crippen LogP contribution in [0, 0.1) is 11.8 Å². The van der Waals surface area contributed by atoms with Crippen molar-refractivity contribution in [3.8, 4) is 0 Å². The summed E-state index contributed by atoms with van der Waals surface area (Å²) in [5.74, 6) is 1.61. The highest BCUT2D eigenvalue weighted by molar-refractivity contribution is 7.99. The highest BCUT2D eigenvalue weighted by Crippen LogP contribution is 2.29. The van der Waals surface area contributed by atoms with Crippen LogP contribution in [0.4, 0.5) is 0 Å². The molecule has 2 atom stereocenters. The Hall–Kier alpha value is 0.310. The van der Waals surface area contributed by atoms with Gasteiger partial charge in [0.25, 0.3) is 0 Å². The lowest BCUT2D eigenvalue weighted by Gasteiger charge is -2.28. The molecule has 1 rings (SSSR count). The van der Waals surface area contributed by atoms with Crippen LogP contribution < -0.4 is 5.32 Å². The monoisotopic (exact) mass is 257 g/mol. The van der Waals surface area contributed by atoms with Crippen molar-refractivity contribution in [1.29, 1.82) is 0 Å². The van der Waals surface area contributed by atoms with E-state index in [1.54, 1.807) is 0 Å². The molecule has 0 saturated heterocycles. The maximum atomic E-state index is 3.96. The van der Waals surface area contributed by atoms with Crippen LogP contribution in [0.25, 0.3) is 0 Å². The van der Waals surface area contributed by atoms with Gasteiger partial charge >= 0.3 is 0 Å². The van der Waals surface area contributed by atoms with Crippen LogP contribution in [0.1, 0.15) is 59.8 Å². The van der Waals surface area contributed by atoms with Crippen LogP contribution in [-0.4, -0.2) is 23.6 Å². The van der Waals surface area contributed by atoms with Gasteiger partial charge in [0.05, 0.1) is 0 Å². The Morgan fingerprint density at radius 2 is 1.65 bits per heavy atom. The molecule has 102 valence electrons. The van der Waals surface area contributed by atoms with Crippen molar-refractivity contribution in [2.24, 2.45) is 11.8 Å². The fourth-order valence-electron chi connectivity index (χ4n) is 3.07. The smallest absolute Gasteiger partial charge is 0.0198 e. The molecule has 0 amide bonds. The number of hydrogen-bond acceptors (Lipinski definition) is 2. The second-order valence-electron chi connectivity index (χ2n) is 6.43. The van der Waals surface area contributed by atoms with Crippen molar-refractivity contribution in [3.63, 3.8) is 0 Å². The number of nitrogens with one attached hydrogen (secondary N) is 1. The van der Waals surface area contributed by atoms with E-state index in [0.717, 1.165) is 29.2 Å². The number of thioether (sulfide) groups is 1. The molecule has 0 aromatic heterocycles. The van der Waals surface area contributed by atoms with Crippen LogP contribution in [-0.2, 0) is 0 Å². The normalized spacial score (nSPS) is 25.4. The van der Waals surface area contributed by atoms with Gasteiger partial charge in [-0.15, -0.1) is 0 Å². The topological polar surface area (TPSA) is 12.0 Å². The summed E-state index contributed by atoms with van der Waals surface area (Å²) >= 11 is 2.06. The number of rotatable bonds is 7. The zero-order valence-electron chi connectivity index (χ0n) is 12.3. The molecule has 0 aromatic rings. The van der Waals surface area contributed by atoms with Gasteiger partial charge in [-0.05, 0) is 43.8 Å². The van der Waals surface area contributed by atoms with E-state index in [1.807, 2.05) is 0 Å². The minimum atomic E-state index is 0.729. The summed E-state index contributed by atoms with van der Waals surface area (Å²) in [7, 11) is 0. The fourth-order valence-corrected chi connectivity index (χ4v) is 4.02. The molecular formula is C15H31NS. The Balaban J connectivity index is 2.46. The van der Waals surface area contributed by atoms with E-state index in [4.69, 9.17) is 0 Å². The Morgan fingerprint density at radius 1 is 1.06 bits per heavy atom. The van der Waals surface area contributed by atoms with Crippen LogP contribution in [0.2, 0.25) is 0 Å². The highest BCUT2D eigenvalue weighted by atomic mass is 32.2. The SMILES string of the molecule is CSC1CCCC1NC(CC(C)C)CC(C)C. The molecule has 0 radical (unpaired) electrons. The van der Waals surface area contributed by atoms with Crippen molar-refractivity contribution in [2.75, 3.05) is 6.26 Å². The Labute approximate surface area is 113 Å². The van der Waals surface area contributed by atoms with Crippen molar-refractivity contribution >= 4 is 11.8 Å². The first-order chi connectivity index (χ1) is 8.02. The second kappa shape index (κ2) is 7.68. The third kappa shape index (κ3) is 5.65. The largest absolute Gasteiger partial charge is 0.310 e. The van der Waals surface area contributed by atoms with Crippen LogP contribution in [0.15, 0.2) is 0 Å². The van der Waals surface area contributed by atoms with Gasteiger partial charge in [0, 0.05) is 17.3 Å². The summed E-state index contributed by atoms with van der Waals surface area (Å²) in [5.41, 5.74) is 0. The Bertz CT molecular complexity index is 193. The third-order valence-electron chi connectivity index (χ3n) is 3.72. The Morgan fingerprint density at radius 3 is 2.12 bits per heavy atom. The lowest BCUT2D eigenvalue weighted by Crippen LogP contribution is -2.42. The first-order valence-corrected chi connectivity index (χ1v) is 8.60. The van der Waals surface area contributed by atoms with Crippen LogP contribution in [0.5, 0.6) is 0 Å². The molecule has 1 aliphatic rings. The standard InChI is InChI=1S/C15H31NS/c1-11(2)9-13(10-12(3)4)16-14-7-6-8-15(14)17-5/h11-16H,6-10H2,1-5H3. The second-order valence-corrected chi connectivity index (χ2v) is 7.51. The minimum Gasteiger partial charge on any atom is -0.310 e. The minimum absolute atomic E-state index is 0.729. The van der Waals surface area contributed by atoms with Crippen LogP contribution >= 0.6 is 11.8 Å². The van der Waals surface area contributed by atoms with E-state index in [9.17, 15) is 0 Å². The molecule has 1 N–H and O–H groups in total. The summed E-state index contributed by atoms with van der Waals surface area (Å²) in [6, 6.07) is 1.50. The van der Waals surface area contributed by atoms with Gasteiger partial charge in [0.1, 0.15) is 0 Å². The van der Waals surface area contributed by atoms with Gasteiger partial charge in [0.2, 0.25) is 0 Å². The van der Waals surface area contributed by atoms with E-state index in [0.29, 0.717) is 0 Å². The zero-order valence-corrected chi connectivity index (χ0v) is 13.1. The van der Waals surface area contributed by atoms with Gasteiger partial charge in [-0.1, -0.05) is 34.1 Å². The fraction of sp³-hybridized carbons (Fsp3) is 1.00. The highest BCUT2D eigenvalue weighted by Gasteiger charge is 2.28. The van der Waals surface area contributed by atoms with Gasteiger partial charge < -0.3 is 5.32 Å². The number of hydrogen-bond donors (Lipinski definition) is 1. The molecule has 0 spiro atoms. The molecular weight excluding hydrogens is 226 g/mol. The first-order valence-electron chi connectivity index (χ1n) is 7.31. The average molecular weight is 257 g/mol. The van der Waals surface area contributed by atoms with E-state index >= 15 is 0 Å². The summed E-state index contributed by atoms with van der Waals surface area (Å²) in [5, 5.41) is 4.82. The maximum absolute atomic E-state index is 3.96. The van der Waals surface area contributed by atoms with Gasteiger partial charge in [-0.3, -0.25) is 0 Å². The lowest BCUT2D eigenvalue weighted by molar-refractivity contribution is 0.328. The van der Waals surface area contributed by atoms with Crippen molar-refractivity contribution < 1.29 is 0 Å². The van der Waals surface area contributed by atoms with E-state index in [1.165, 1.54) is 32.1 Å². The lowest BCUT2D eigenvalue weighted by atomic mass is 9.95. The molecule has 2 unspecified atom stereocenters. The summed E-state index contributed by atoms with van der Waals surface area (Å²) in [6.45, 7) is 9.37. The summed E-state index contributed by atoms with van der Waals surface area (Å²) in [4.78, 5) is 0. The predicted molar refractivity (Wildman–Crippen MR) is 80.8 cm³/mol. The Kier molecular flexibility index (Phi) is 6.94. The maximum Gasteiger partial charge on any atom is 0.0198 e. The van der Waals surface area contributed by atoms with E-state index in [2.05, 4.69) is 51.0 Å². The molecule has 1 nitrogen and oxygen atoms in total. The quantitative estimate of drug-likeness (QED) is 0.729. The van der Waals surface area contributed by atoms with Crippen molar-refractivity contribution in [3.05, 3.63) is 0 Å². The van der Waals surface area contributed by atoms with E-state index < -0.39 is 0 Å². The zero-order chi connectivity index (χ0) is 12.8. The summed E-state index contributed by atoms with van der Waals surface area (Å²) < 4.78 is 0. The molecule has 0 aliphatic heterocycles. The molecule has 1 aliphatic carbocycles. The molecule has 1 saturated carbocycles. The molecule has 0 heterocycles. The first kappa shape index (κ1) is 15.4. The van der Waals surface area contributed by atoms with Gasteiger partial charge in [-0.2, -0.15) is 11.8 Å². The molecule has 0 aromatic carbocycles. The molecule has 0 bridgehead atoms. The summed E-state index contributed by atoms with van der Waals surface area (Å²) in [6.07, 6.45) is 9.14. The molecule has 1 fully saturated rings. The molecule has 17 heavy (non-hydrogen) atoms. The third-order valence-corrected chi connectivity index (χ3v) is 4.89. The van der Waals surface area contributed by atoms with E-state index in [-0.39, 0.29) is 0 Å². The van der Waals surface area contributed by atoms with Crippen molar-refractivity contribution in [1.82, 2.24) is 5.32 Å². The molecule has 2 heteroatoms. The van der Waals surface area contributed by atoms with Gasteiger partial charge in [0.15, 0.2) is 0 Å². The van der Waals surface area contributed by atoms with Crippen LogP contribution in [0.3, 0.4) is 0 Å². The average Bonchev–Trinajstić information content (AvgIpc) is 2.62. The van der Waals surface area contributed by atoms with Crippen molar-refractivity contribution in [2.45, 2.75) is 77.1 Å². The van der Waals surface area contributed by atoms with Gasteiger partial charge in [-0.25, -0.2) is 0 Å². The predicted octanol–water partition coefficient (Wildman–Crippen LogP) is 4.32.